The highest BCUT2D eigenvalue weighted by molar-refractivity contribution is 5.95. The summed E-state index contributed by atoms with van der Waals surface area (Å²) in [7, 11) is 1.58. The molecule has 0 heterocycles. The molecule has 0 aliphatic heterocycles. The van der Waals surface area contributed by atoms with Gasteiger partial charge in [0.05, 0.1) is 0 Å². The predicted molar refractivity (Wildman–Crippen MR) is 45.8 cm³/mol. The average Bonchev–Trinajstić information content (AvgIpc) is 2.83. The molecule has 0 atom stereocenters. The smallest absolute Gasteiger partial charge is 0.175 e. The van der Waals surface area contributed by atoms with Crippen molar-refractivity contribution < 1.29 is 9.53 Å². The second-order valence-corrected chi connectivity index (χ2v) is 3.35. The van der Waals surface area contributed by atoms with Crippen molar-refractivity contribution in [3.05, 3.63) is 24.3 Å². The molecule has 0 aromatic heterocycles. The number of ether oxygens (including phenoxy) is 1. The van der Waals surface area contributed by atoms with Gasteiger partial charge >= 0.3 is 0 Å². The van der Waals surface area contributed by atoms with Gasteiger partial charge in [0.25, 0.3) is 0 Å². The number of allylic oxidation sites excluding steroid dienone is 2. The van der Waals surface area contributed by atoms with Gasteiger partial charge in [-0.25, -0.2) is 0 Å². The van der Waals surface area contributed by atoms with E-state index in [4.69, 9.17) is 4.74 Å². The quantitative estimate of drug-likeness (QED) is 0.631. The third-order valence-corrected chi connectivity index (χ3v) is 2.47. The summed E-state index contributed by atoms with van der Waals surface area (Å²) in [5.41, 5.74) is -0.721. The van der Waals surface area contributed by atoms with E-state index in [2.05, 4.69) is 0 Å². The van der Waals surface area contributed by atoms with Crippen LogP contribution < -0.4 is 0 Å². The Labute approximate surface area is 71.9 Å². The van der Waals surface area contributed by atoms with Crippen molar-refractivity contribution in [3.63, 3.8) is 0 Å². The van der Waals surface area contributed by atoms with Crippen LogP contribution in [0.4, 0.5) is 0 Å². The maximum Gasteiger partial charge on any atom is 0.175 e. The van der Waals surface area contributed by atoms with Crippen LogP contribution in [0.15, 0.2) is 24.3 Å². The number of hydrogen-bond donors (Lipinski definition) is 0. The first-order chi connectivity index (χ1) is 5.78. The Morgan fingerprint density at radius 1 is 1.42 bits per heavy atom. The molecule has 1 fully saturated rings. The van der Waals surface area contributed by atoms with E-state index >= 15 is 0 Å². The van der Waals surface area contributed by atoms with Crippen LogP contribution in [0.3, 0.4) is 0 Å². The number of ketones is 1. The molecule has 0 unspecified atom stereocenters. The summed E-state index contributed by atoms with van der Waals surface area (Å²) in [5.74, 6) is 0.465. The van der Waals surface area contributed by atoms with Crippen molar-refractivity contribution in [2.24, 2.45) is 5.92 Å². The zero-order chi connectivity index (χ0) is 8.60. The summed E-state index contributed by atoms with van der Waals surface area (Å²) in [5, 5.41) is 0. The molecule has 12 heavy (non-hydrogen) atoms. The Bertz CT molecular complexity index is 247. The SMILES string of the molecule is COC1(C(=O)C2CC2)C=CC=C1. The van der Waals surface area contributed by atoms with Crippen LogP contribution >= 0.6 is 0 Å². The highest BCUT2D eigenvalue weighted by Crippen LogP contribution is 2.37. The van der Waals surface area contributed by atoms with Crippen LogP contribution in [0.2, 0.25) is 0 Å². The molecular formula is C10H12O2. The molecule has 0 saturated heterocycles. The minimum Gasteiger partial charge on any atom is -0.362 e. The molecule has 0 spiro atoms. The highest BCUT2D eigenvalue weighted by Gasteiger charge is 2.43. The maximum absolute atomic E-state index is 11.7. The van der Waals surface area contributed by atoms with E-state index in [1.165, 1.54) is 0 Å². The first-order valence-electron chi connectivity index (χ1n) is 4.25. The molecule has 0 bridgehead atoms. The van der Waals surface area contributed by atoms with Gasteiger partial charge in [-0.15, -0.1) is 0 Å². The van der Waals surface area contributed by atoms with Gasteiger partial charge in [0.2, 0.25) is 0 Å². The molecule has 2 aliphatic rings. The second-order valence-electron chi connectivity index (χ2n) is 3.35. The molecule has 2 heteroatoms. The van der Waals surface area contributed by atoms with Crippen molar-refractivity contribution in [2.75, 3.05) is 7.11 Å². The van der Waals surface area contributed by atoms with Gasteiger partial charge in [-0.3, -0.25) is 4.79 Å². The number of hydrogen-bond acceptors (Lipinski definition) is 2. The zero-order valence-electron chi connectivity index (χ0n) is 7.12. The Kier molecular flexibility index (Phi) is 1.65. The number of carbonyl (C=O) groups excluding carboxylic acids is 1. The number of methoxy groups -OCH3 is 1. The van der Waals surface area contributed by atoms with Crippen molar-refractivity contribution in [3.8, 4) is 0 Å². The van der Waals surface area contributed by atoms with Crippen molar-refractivity contribution in [2.45, 2.75) is 18.4 Å². The summed E-state index contributed by atoms with van der Waals surface area (Å²) in [6, 6.07) is 0. The summed E-state index contributed by atoms with van der Waals surface area (Å²) in [6.45, 7) is 0. The molecule has 0 radical (unpaired) electrons. The lowest BCUT2D eigenvalue weighted by atomic mass is 9.97. The highest BCUT2D eigenvalue weighted by atomic mass is 16.5. The van der Waals surface area contributed by atoms with Gasteiger partial charge in [-0.2, -0.15) is 0 Å². The van der Waals surface area contributed by atoms with E-state index in [1.807, 2.05) is 24.3 Å². The summed E-state index contributed by atoms with van der Waals surface area (Å²) in [4.78, 5) is 11.7. The lowest BCUT2D eigenvalue weighted by Crippen LogP contribution is -2.36. The Hall–Kier alpha value is -0.890. The van der Waals surface area contributed by atoms with Crippen LogP contribution in [0.25, 0.3) is 0 Å². The molecule has 0 N–H and O–H groups in total. The first-order valence-corrected chi connectivity index (χ1v) is 4.25. The fourth-order valence-corrected chi connectivity index (χ4v) is 1.52. The van der Waals surface area contributed by atoms with Gasteiger partial charge in [-0.1, -0.05) is 12.2 Å². The van der Waals surface area contributed by atoms with Crippen molar-refractivity contribution >= 4 is 5.78 Å². The maximum atomic E-state index is 11.7. The third-order valence-electron chi connectivity index (χ3n) is 2.47. The normalized spacial score (nSPS) is 24.8. The van der Waals surface area contributed by atoms with Crippen LogP contribution in [-0.4, -0.2) is 18.5 Å². The van der Waals surface area contributed by atoms with E-state index in [9.17, 15) is 4.79 Å². The lowest BCUT2D eigenvalue weighted by molar-refractivity contribution is -0.132. The van der Waals surface area contributed by atoms with E-state index in [0.29, 0.717) is 0 Å². The topological polar surface area (TPSA) is 26.3 Å². The first kappa shape index (κ1) is 7.74. The van der Waals surface area contributed by atoms with E-state index < -0.39 is 5.60 Å². The molecule has 1 saturated carbocycles. The minimum atomic E-state index is -0.721. The Morgan fingerprint density at radius 3 is 2.42 bits per heavy atom. The van der Waals surface area contributed by atoms with Crippen LogP contribution in [-0.2, 0) is 9.53 Å². The van der Waals surface area contributed by atoms with Gasteiger partial charge in [0.1, 0.15) is 0 Å². The average molecular weight is 164 g/mol. The molecular weight excluding hydrogens is 152 g/mol. The van der Waals surface area contributed by atoms with Gasteiger partial charge in [-0.05, 0) is 25.0 Å². The fraction of sp³-hybridized carbons (Fsp3) is 0.500. The Balaban J connectivity index is 2.21. The van der Waals surface area contributed by atoms with Crippen LogP contribution in [0, 0.1) is 5.92 Å². The van der Waals surface area contributed by atoms with Crippen molar-refractivity contribution in [1.82, 2.24) is 0 Å². The van der Waals surface area contributed by atoms with Crippen LogP contribution in [0.1, 0.15) is 12.8 Å². The standard InChI is InChI=1S/C10H12O2/c1-12-10(6-2-3-7-10)9(11)8-4-5-8/h2-3,6-8H,4-5H2,1H3. The monoisotopic (exact) mass is 164 g/mol. The predicted octanol–water partition coefficient (Wildman–Crippen LogP) is 1.48. The number of Topliss-reactive ketones (excluding diaryl/α,β-unsaturated/α-hetero) is 1. The van der Waals surface area contributed by atoms with Crippen molar-refractivity contribution in [1.29, 1.82) is 0 Å². The molecule has 2 nitrogen and oxygen atoms in total. The molecule has 0 aromatic rings. The molecule has 64 valence electrons. The van der Waals surface area contributed by atoms with Gasteiger partial charge in [0, 0.05) is 13.0 Å². The third kappa shape index (κ3) is 1.03. The summed E-state index contributed by atoms with van der Waals surface area (Å²) in [6.07, 6.45) is 9.45. The molecule has 2 rings (SSSR count). The summed E-state index contributed by atoms with van der Waals surface area (Å²) < 4.78 is 5.24. The van der Waals surface area contributed by atoms with E-state index in [1.54, 1.807) is 7.11 Å². The van der Waals surface area contributed by atoms with Crippen LogP contribution in [0.5, 0.6) is 0 Å². The zero-order valence-corrected chi connectivity index (χ0v) is 7.12. The number of rotatable bonds is 3. The van der Waals surface area contributed by atoms with Gasteiger partial charge in [0.15, 0.2) is 11.4 Å². The minimum absolute atomic E-state index is 0.218. The molecule has 0 amide bonds. The lowest BCUT2D eigenvalue weighted by Gasteiger charge is -2.21. The fourth-order valence-electron chi connectivity index (χ4n) is 1.52. The second kappa shape index (κ2) is 2.56. The van der Waals surface area contributed by atoms with E-state index in [-0.39, 0.29) is 11.7 Å². The van der Waals surface area contributed by atoms with E-state index in [0.717, 1.165) is 12.8 Å². The summed E-state index contributed by atoms with van der Waals surface area (Å²) >= 11 is 0. The largest absolute Gasteiger partial charge is 0.362 e. The Morgan fingerprint density at radius 2 is 2.00 bits per heavy atom. The van der Waals surface area contributed by atoms with Gasteiger partial charge < -0.3 is 4.74 Å². The molecule has 2 aliphatic carbocycles. The molecule has 0 aromatic carbocycles. The number of carbonyl (C=O) groups is 1.